The lowest BCUT2D eigenvalue weighted by Crippen LogP contribution is -1.99. The Bertz CT molecular complexity index is 729. The molecular formula is C17H14FN. The summed E-state index contributed by atoms with van der Waals surface area (Å²) < 4.78 is 13.9. The number of rotatable bonds is 2. The van der Waals surface area contributed by atoms with Gasteiger partial charge >= 0.3 is 0 Å². The number of halogens is 1. The molecule has 0 amide bonds. The molecule has 3 aromatic carbocycles. The van der Waals surface area contributed by atoms with Gasteiger partial charge in [-0.05, 0) is 28.0 Å². The second-order valence-corrected chi connectivity index (χ2v) is 4.54. The van der Waals surface area contributed by atoms with Gasteiger partial charge in [0.25, 0.3) is 0 Å². The van der Waals surface area contributed by atoms with E-state index in [1.807, 2.05) is 30.3 Å². The van der Waals surface area contributed by atoms with Gasteiger partial charge in [-0.1, -0.05) is 54.6 Å². The summed E-state index contributed by atoms with van der Waals surface area (Å²) in [7, 11) is 0. The van der Waals surface area contributed by atoms with Gasteiger partial charge in [0.05, 0.1) is 0 Å². The summed E-state index contributed by atoms with van der Waals surface area (Å²) in [4.78, 5) is 0. The molecule has 94 valence electrons. The van der Waals surface area contributed by atoms with Crippen LogP contribution in [0.3, 0.4) is 0 Å². The van der Waals surface area contributed by atoms with Crippen LogP contribution in [0.15, 0.2) is 60.7 Å². The number of hydrogen-bond donors (Lipinski definition) is 1. The molecule has 0 atom stereocenters. The molecule has 19 heavy (non-hydrogen) atoms. The van der Waals surface area contributed by atoms with E-state index in [0.717, 1.165) is 21.9 Å². The minimum atomic E-state index is -0.243. The number of benzene rings is 3. The molecule has 0 radical (unpaired) electrons. The Balaban J connectivity index is 2.22. The molecule has 0 aromatic heterocycles. The Morgan fingerprint density at radius 1 is 0.895 bits per heavy atom. The van der Waals surface area contributed by atoms with Crippen molar-refractivity contribution >= 4 is 10.8 Å². The molecule has 0 saturated carbocycles. The third-order valence-electron chi connectivity index (χ3n) is 3.37. The average molecular weight is 251 g/mol. The van der Waals surface area contributed by atoms with E-state index in [4.69, 9.17) is 5.73 Å². The van der Waals surface area contributed by atoms with Crippen molar-refractivity contribution in [1.82, 2.24) is 0 Å². The summed E-state index contributed by atoms with van der Waals surface area (Å²) in [5, 5.41) is 2.29. The topological polar surface area (TPSA) is 26.0 Å². The van der Waals surface area contributed by atoms with Crippen molar-refractivity contribution in [2.75, 3.05) is 0 Å². The highest BCUT2D eigenvalue weighted by atomic mass is 19.1. The Hall–Kier alpha value is -2.19. The van der Waals surface area contributed by atoms with Crippen molar-refractivity contribution in [3.05, 3.63) is 72.0 Å². The molecule has 2 heteroatoms. The Morgan fingerprint density at radius 3 is 2.47 bits per heavy atom. The molecule has 0 saturated heterocycles. The zero-order valence-corrected chi connectivity index (χ0v) is 10.4. The van der Waals surface area contributed by atoms with Crippen molar-refractivity contribution in [1.29, 1.82) is 0 Å². The first-order chi connectivity index (χ1) is 9.29. The van der Waals surface area contributed by atoms with Crippen LogP contribution in [0.4, 0.5) is 4.39 Å². The Labute approximate surface area is 111 Å². The molecule has 0 aliphatic rings. The van der Waals surface area contributed by atoms with Crippen molar-refractivity contribution in [3.63, 3.8) is 0 Å². The monoisotopic (exact) mass is 251 g/mol. The standard InChI is InChI=1S/C17H14FN/c18-17-10-13(8-9-14(17)11-19)16-7-3-5-12-4-1-2-6-15(12)16/h1-10H,11,19H2. The fourth-order valence-electron chi connectivity index (χ4n) is 2.36. The fraction of sp³-hybridized carbons (Fsp3) is 0.0588. The molecule has 3 rings (SSSR count). The maximum Gasteiger partial charge on any atom is 0.128 e. The zero-order valence-electron chi connectivity index (χ0n) is 10.4. The maximum atomic E-state index is 13.9. The van der Waals surface area contributed by atoms with Crippen LogP contribution in [0.1, 0.15) is 5.56 Å². The van der Waals surface area contributed by atoms with Gasteiger partial charge in [0.2, 0.25) is 0 Å². The van der Waals surface area contributed by atoms with E-state index in [2.05, 4.69) is 18.2 Å². The summed E-state index contributed by atoms with van der Waals surface area (Å²) in [5.41, 5.74) is 7.96. The minimum absolute atomic E-state index is 0.224. The molecule has 0 aliphatic carbocycles. The maximum absolute atomic E-state index is 13.9. The largest absolute Gasteiger partial charge is 0.326 e. The predicted octanol–water partition coefficient (Wildman–Crippen LogP) is 4.10. The third-order valence-corrected chi connectivity index (χ3v) is 3.37. The van der Waals surface area contributed by atoms with Crippen LogP contribution in [-0.2, 0) is 6.54 Å². The highest BCUT2D eigenvalue weighted by molar-refractivity contribution is 5.96. The smallest absolute Gasteiger partial charge is 0.128 e. The van der Waals surface area contributed by atoms with E-state index < -0.39 is 0 Å². The summed E-state index contributed by atoms with van der Waals surface area (Å²) in [6.07, 6.45) is 0. The molecule has 0 heterocycles. The first kappa shape index (κ1) is 11.9. The van der Waals surface area contributed by atoms with Gasteiger partial charge in [-0.15, -0.1) is 0 Å². The van der Waals surface area contributed by atoms with E-state index in [0.29, 0.717) is 5.56 Å². The molecular weight excluding hydrogens is 237 g/mol. The number of nitrogens with two attached hydrogens (primary N) is 1. The predicted molar refractivity (Wildman–Crippen MR) is 77.2 cm³/mol. The minimum Gasteiger partial charge on any atom is -0.326 e. The van der Waals surface area contributed by atoms with E-state index in [1.165, 1.54) is 0 Å². The molecule has 0 aliphatic heterocycles. The van der Waals surface area contributed by atoms with Crippen molar-refractivity contribution in [3.8, 4) is 11.1 Å². The average Bonchev–Trinajstić information content (AvgIpc) is 2.46. The molecule has 0 unspecified atom stereocenters. The number of fused-ring (bicyclic) bond motifs is 1. The van der Waals surface area contributed by atoms with E-state index >= 15 is 0 Å². The molecule has 2 N–H and O–H groups in total. The van der Waals surface area contributed by atoms with Crippen molar-refractivity contribution in [2.24, 2.45) is 5.73 Å². The Kier molecular flexibility index (Phi) is 3.02. The van der Waals surface area contributed by atoms with Crippen molar-refractivity contribution < 1.29 is 4.39 Å². The van der Waals surface area contributed by atoms with Crippen LogP contribution in [0.2, 0.25) is 0 Å². The molecule has 3 aromatic rings. The van der Waals surface area contributed by atoms with Gasteiger partial charge in [-0.2, -0.15) is 0 Å². The lowest BCUT2D eigenvalue weighted by molar-refractivity contribution is 0.611. The van der Waals surface area contributed by atoms with Gasteiger partial charge in [-0.25, -0.2) is 4.39 Å². The summed E-state index contributed by atoms with van der Waals surface area (Å²) in [6.45, 7) is 0.224. The Morgan fingerprint density at radius 2 is 1.68 bits per heavy atom. The van der Waals surface area contributed by atoms with Crippen LogP contribution >= 0.6 is 0 Å². The third kappa shape index (κ3) is 2.11. The van der Waals surface area contributed by atoms with Gasteiger partial charge in [0, 0.05) is 12.1 Å². The molecule has 0 spiro atoms. The second-order valence-electron chi connectivity index (χ2n) is 4.54. The van der Waals surface area contributed by atoms with Gasteiger partial charge in [0.15, 0.2) is 0 Å². The quantitative estimate of drug-likeness (QED) is 0.729. The van der Waals surface area contributed by atoms with Crippen LogP contribution in [-0.4, -0.2) is 0 Å². The lowest BCUT2D eigenvalue weighted by Gasteiger charge is -2.08. The highest BCUT2D eigenvalue weighted by Gasteiger charge is 2.06. The SMILES string of the molecule is NCc1ccc(-c2cccc3ccccc23)cc1F. The van der Waals surface area contributed by atoms with Gasteiger partial charge in [-0.3, -0.25) is 0 Å². The summed E-state index contributed by atoms with van der Waals surface area (Å²) in [6, 6.07) is 19.4. The number of hydrogen-bond acceptors (Lipinski definition) is 1. The van der Waals surface area contributed by atoms with Gasteiger partial charge < -0.3 is 5.73 Å². The highest BCUT2D eigenvalue weighted by Crippen LogP contribution is 2.29. The summed E-state index contributed by atoms with van der Waals surface area (Å²) >= 11 is 0. The molecule has 1 nitrogen and oxygen atoms in total. The molecule has 0 fully saturated rings. The van der Waals surface area contributed by atoms with E-state index in [9.17, 15) is 4.39 Å². The molecule has 0 bridgehead atoms. The van der Waals surface area contributed by atoms with E-state index in [1.54, 1.807) is 12.1 Å². The fourth-order valence-corrected chi connectivity index (χ4v) is 2.36. The van der Waals surface area contributed by atoms with Crippen LogP contribution in [0.25, 0.3) is 21.9 Å². The van der Waals surface area contributed by atoms with E-state index in [-0.39, 0.29) is 12.4 Å². The first-order valence-electron chi connectivity index (χ1n) is 6.26. The van der Waals surface area contributed by atoms with Crippen LogP contribution in [0.5, 0.6) is 0 Å². The summed E-state index contributed by atoms with van der Waals surface area (Å²) in [5.74, 6) is -0.243. The normalized spacial score (nSPS) is 10.8. The zero-order chi connectivity index (χ0) is 13.2. The second kappa shape index (κ2) is 4.82. The van der Waals surface area contributed by atoms with Crippen molar-refractivity contribution in [2.45, 2.75) is 6.54 Å². The lowest BCUT2D eigenvalue weighted by atomic mass is 9.97. The first-order valence-corrected chi connectivity index (χ1v) is 6.26. The van der Waals surface area contributed by atoms with Crippen LogP contribution < -0.4 is 5.73 Å². The van der Waals surface area contributed by atoms with Gasteiger partial charge in [0.1, 0.15) is 5.82 Å². The van der Waals surface area contributed by atoms with Crippen LogP contribution in [0, 0.1) is 5.82 Å².